The Bertz CT molecular complexity index is 571. The van der Waals surface area contributed by atoms with Gasteiger partial charge in [-0.3, -0.25) is 4.79 Å². The molecule has 0 fully saturated rings. The van der Waals surface area contributed by atoms with Gasteiger partial charge in [0.15, 0.2) is 0 Å². The first-order valence-electron chi connectivity index (χ1n) is 5.78. The second-order valence-electron chi connectivity index (χ2n) is 4.16. The van der Waals surface area contributed by atoms with E-state index in [0.29, 0.717) is 0 Å². The van der Waals surface area contributed by atoms with Crippen molar-refractivity contribution in [3.63, 3.8) is 0 Å². The van der Waals surface area contributed by atoms with Crippen molar-refractivity contribution in [1.29, 1.82) is 0 Å². The number of carbonyl (C=O) groups excluding carboxylic acids is 1. The number of thiazole rings is 1. The van der Waals surface area contributed by atoms with Crippen LogP contribution >= 0.6 is 11.3 Å². The SMILES string of the molecule is CC(=O)Nc1cc(NC(C)c2cscn2)ccc1F. The van der Waals surface area contributed by atoms with Gasteiger partial charge in [-0.25, -0.2) is 9.37 Å². The molecule has 6 heteroatoms. The van der Waals surface area contributed by atoms with Crippen molar-refractivity contribution in [2.75, 3.05) is 10.6 Å². The molecule has 0 aliphatic rings. The smallest absolute Gasteiger partial charge is 0.221 e. The molecule has 1 aromatic heterocycles. The summed E-state index contributed by atoms with van der Waals surface area (Å²) in [4.78, 5) is 15.2. The molecule has 100 valence electrons. The average Bonchev–Trinajstić information content (AvgIpc) is 2.86. The van der Waals surface area contributed by atoms with Crippen LogP contribution in [-0.4, -0.2) is 10.9 Å². The Morgan fingerprint density at radius 1 is 1.47 bits per heavy atom. The molecule has 0 saturated carbocycles. The number of benzene rings is 1. The van der Waals surface area contributed by atoms with Crippen molar-refractivity contribution in [1.82, 2.24) is 4.98 Å². The lowest BCUT2D eigenvalue weighted by atomic mass is 10.2. The second kappa shape index (κ2) is 5.79. The summed E-state index contributed by atoms with van der Waals surface area (Å²) in [5.41, 5.74) is 3.59. The molecule has 1 heterocycles. The third-order valence-corrected chi connectivity index (χ3v) is 3.16. The van der Waals surface area contributed by atoms with Gasteiger partial charge in [-0.2, -0.15) is 0 Å². The van der Waals surface area contributed by atoms with Gasteiger partial charge in [0.05, 0.1) is 22.9 Å². The van der Waals surface area contributed by atoms with Gasteiger partial charge in [0.1, 0.15) is 5.82 Å². The van der Waals surface area contributed by atoms with E-state index in [1.807, 2.05) is 12.3 Å². The summed E-state index contributed by atoms with van der Waals surface area (Å²) in [6, 6.07) is 4.53. The fourth-order valence-corrected chi connectivity index (χ4v) is 2.31. The Balaban J connectivity index is 2.14. The Morgan fingerprint density at radius 3 is 2.89 bits per heavy atom. The number of rotatable bonds is 4. The fourth-order valence-electron chi connectivity index (χ4n) is 1.66. The number of hydrogen-bond acceptors (Lipinski definition) is 4. The van der Waals surface area contributed by atoms with E-state index in [4.69, 9.17) is 0 Å². The van der Waals surface area contributed by atoms with Crippen LogP contribution in [0.1, 0.15) is 25.6 Å². The molecule has 2 N–H and O–H groups in total. The molecule has 1 atom stereocenters. The second-order valence-corrected chi connectivity index (χ2v) is 4.87. The molecular formula is C13H14FN3OS. The molecule has 0 saturated heterocycles. The van der Waals surface area contributed by atoms with Gasteiger partial charge in [0.2, 0.25) is 5.91 Å². The van der Waals surface area contributed by atoms with E-state index >= 15 is 0 Å². The van der Waals surface area contributed by atoms with E-state index in [2.05, 4.69) is 15.6 Å². The van der Waals surface area contributed by atoms with Crippen molar-refractivity contribution >= 4 is 28.6 Å². The zero-order valence-corrected chi connectivity index (χ0v) is 11.4. The largest absolute Gasteiger partial charge is 0.377 e. The van der Waals surface area contributed by atoms with Crippen molar-refractivity contribution < 1.29 is 9.18 Å². The number of anilines is 2. The first-order chi connectivity index (χ1) is 9.06. The van der Waals surface area contributed by atoms with Gasteiger partial charge in [-0.1, -0.05) is 0 Å². The highest BCUT2D eigenvalue weighted by atomic mass is 32.1. The predicted molar refractivity (Wildman–Crippen MR) is 74.9 cm³/mol. The van der Waals surface area contributed by atoms with Crippen LogP contribution in [0.4, 0.5) is 15.8 Å². The van der Waals surface area contributed by atoms with Crippen LogP contribution in [-0.2, 0) is 4.79 Å². The van der Waals surface area contributed by atoms with Crippen LogP contribution in [0.3, 0.4) is 0 Å². The molecule has 2 aromatic rings. The Hall–Kier alpha value is -1.95. The first kappa shape index (κ1) is 13.5. The van der Waals surface area contributed by atoms with E-state index in [9.17, 15) is 9.18 Å². The van der Waals surface area contributed by atoms with Crippen LogP contribution in [0.5, 0.6) is 0 Å². The van der Waals surface area contributed by atoms with Gasteiger partial charge in [-0.05, 0) is 25.1 Å². The molecule has 1 amide bonds. The van der Waals surface area contributed by atoms with Gasteiger partial charge >= 0.3 is 0 Å². The van der Waals surface area contributed by atoms with Crippen LogP contribution < -0.4 is 10.6 Å². The summed E-state index contributed by atoms with van der Waals surface area (Å²) >= 11 is 1.52. The average molecular weight is 279 g/mol. The molecule has 0 bridgehead atoms. The number of hydrogen-bond donors (Lipinski definition) is 2. The van der Waals surface area contributed by atoms with E-state index in [1.165, 1.54) is 24.3 Å². The summed E-state index contributed by atoms with van der Waals surface area (Å²) in [5, 5.41) is 7.62. The Morgan fingerprint density at radius 2 is 2.26 bits per heavy atom. The minimum Gasteiger partial charge on any atom is -0.377 e. The summed E-state index contributed by atoms with van der Waals surface area (Å²) < 4.78 is 13.5. The molecule has 0 aliphatic heterocycles. The monoisotopic (exact) mass is 279 g/mol. The summed E-state index contributed by atoms with van der Waals surface area (Å²) in [6.07, 6.45) is 0. The number of nitrogens with zero attached hydrogens (tertiary/aromatic N) is 1. The zero-order chi connectivity index (χ0) is 13.8. The molecular weight excluding hydrogens is 265 g/mol. The lowest BCUT2D eigenvalue weighted by Crippen LogP contribution is -2.10. The zero-order valence-electron chi connectivity index (χ0n) is 10.6. The predicted octanol–water partition coefficient (Wildman–Crippen LogP) is 3.41. The molecule has 4 nitrogen and oxygen atoms in total. The minimum absolute atomic E-state index is 0.0156. The molecule has 1 aromatic carbocycles. The highest BCUT2D eigenvalue weighted by Gasteiger charge is 2.09. The normalized spacial score (nSPS) is 11.9. The maximum absolute atomic E-state index is 13.5. The lowest BCUT2D eigenvalue weighted by Gasteiger charge is -2.14. The maximum atomic E-state index is 13.5. The number of nitrogens with one attached hydrogen (secondary N) is 2. The first-order valence-corrected chi connectivity index (χ1v) is 6.72. The van der Waals surface area contributed by atoms with E-state index in [-0.39, 0.29) is 17.6 Å². The molecule has 19 heavy (non-hydrogen) atoms. The minimum atomic E-state index is -0.456. The van der Waals surface area contributed by atoms with E-state index in [0.717, 1.165) is 11.4 Å². The Labute approximate surface area is 114 Å². The molecule has 0 spiro atoms. The standard InChI is InChI=1S/C13H14FN3OS/c1-8(13-6-19-7-15-13)16-10-3-4-11(14)12(5-10)17-9(2)18/h3-8,16H,1-2H3,(H,17,18). The fraction of sp³-hybridized carbons (Fsp3) is 0.231. The van der Waals surface area contributed by atoms with Crippen LogP contribution in [0.25, 0.3) is 0 Å². The summed E-state index contributed by atoms with van der Waals surface area (Å²) in [6.45, 7) is 3.31. The maximum Gasteiger partial charge on any atom is 0.221 e. The van der Waals surface area contributed by atoms with E-state index in [1.54, 1.807) is 17.6 Å². The van der Waals surface area contributed by atoms with Gasteiger partial charge in [0.25, 0.3) is 0 Å². The third kappa shape index (κ3) is 3.51. The number of carbonyl (C=O) groups is 1. The van der Waals surface area contributed by atoms with Gasteiger partial charge in [0, 0.05) is 18.0 Å². The number of aromatic nitrogens is 1. The number of amides is 1. The molecule has 0 aliphatic carbocycles. The van der Waals surface area contributed by atoms with Gasteiger partial charge < -0.3 is 10.6 Å². The molecule has 2 rings (SSSR count). The topological polar surface area (TPSA) is 54.0 Å². The highest BCUT2D eigenvalue weighted by Crippen LogP contribution is 2.23. The highest BCUT2D eigenvalue weighted by molar-refractivity contribution is 7.07. The molecule has 0 radical (unpaired) electrons. The van der Waals surface area contributed by atoms with Crippen LogP contribution in [0.15, 0.2) is 29.1 Å². The summed E-state index contributed by atoms with van der Waals surface area (Å²) in [7, 11) is 0. The van der Waals surface area contributed by atoms with Crippen molar-refractivity contribution in [3.05, 3.63) is 40.6 Å². The third-order valence-electron chi connectivity index (χ3n) is 2.56. The molecule has 1 unspecified atom stereocenters. The van der Waals surface area contributed by atoms with Gasteiger partial charge in [-0.15, -0.1) is 11.3 Å². The number of halogens is 1. The van der Waals surface area contributed by atoms with Crippen LogP contribution in [0, 0.1) is 5.82 Å². The van der Waals surface area contributed by atoms with Crippen molar-refractivity contribution in [3.8, 4) is 0 Å². The van der Waals surface area contributed by atoms with E-state index < -0.39 is 5.82 Å². The summed E-state index contributed by atoms with van der Waals surface area (Å²) in [5.74, 6) is -0.759. The Kier molecular flexibility index (Phi) is 4.11. The van der Waals surface area contributed by atoms with Crippen molar-refractivity contribution in [2.24, 2.45) is 0 Å². The van der Waals surface area contributed by atoms with Crippen molar-refractivity contribution in [2.45, 2.75) is 19.9 Å². The van der Waals surface area contributed by atoms with Crippen LogP contribution in [0.2, 0.25) is 0 Å². The lowest BCUT2D eigenvalue weighted by molar-refractivity contribution is -0.114. The quantitative estimate of drug-likeness (QED) is 0.901.